The molecule has 4 nitrogen and oxygen atoms in total. The van der Waals surface area contributed by atoms with Gasteiger partial charge in [0, 0.05) is 27.3 Å². The molecular weight excluding hydrogens is 426 g/mol. The monoisotopic (exact) mass is 446 g/mol. The Bertz CT molecular complexity index is 385. The van der Waals surface area contributed by atoms with Crippen molar-refractivity contribution in [2.45, 2.75) is 41.9 Å². The summed E-state index contributed by atoms with van der Waals surface area (Å²) in [6.45, 7) is 1.30. The van der Waals surface area contributed by atoms with Crippen LogP contribution in [0.1, 0.15) is 13.8 Å². The van der Waals surface area contributed by atoms with E-state index in [9.17, 15) is 22.0 Å². The van der Waals surface area contributed by atoms with Crippen LogP contribution in [0.5, 0.6) is 0 Å². The summed E-state index contributed by atoms with van der Waals surface area (Å²) in [5.41, 5.74) is -2.81. The van der Waals surface area contributed by atoms with Gasteiger partial charge in [-0.1, -0.05) is 22.6 Å². The summed E-state index contributed by atoms with van der Waals surface area (Å²) in [5, 5.41) is 0. The van der Waals surface area contributed by atoms with Crippen molar-refractivity contribution in [2.75, 3.05) is 33.9 Å². The lowest BCUT2D eigenvalue weighted by Crippen LogP contribution is -2.68. The molecule has 1 heterocycles. The van der Waals surface area contributed by atoms with Crippen LogP contribution < -0.4 is 0 Å². The van der Waals surface area contributed by atoms with E-state index in [0.29, 0.717) is 4.90 Å². The molecule has 0 bridgehead atoms. The second-order valence-electron chi connectivity index (χ2n) is 5.26. The van der Waals surface area contributed by atoms with Crippen molar-refractivity contribution < 1.29 is 31.4 Å². The molecule has 0 N–H and O–H groups in total. The number of nitrogens with zero attached hydrogens (tertiary/aromatic N) is 2. The number of rotatable bonds is 6. The minimum atomic E-state index is -4.88. The van der Waals surface area contributed by atoms with Gasteiger partial charge in [-0.3, -0.25) is 0 Å². The Hall–Kier alpha value is 0.220. The van der Waals surface area contributed by atoms with E-state index in [4.69, 9.17) is 9.47 Å². The summed E-state index contributed by atoms with van der Waals surface area (Å²) >= 11 is 1.72. The van der Waals surface area contributed by atoms with Gasteiger partial charge in [0.15, 0.2) is 0 Å². The Labute approximate surface area is 140 Å². The number of ether oxygens (including phenoxy) is 2. The fourth-order valence-corrected chi connectivity index (χ4v) is 3.46. The maximum atomic E-state index is 14.6. The van der Waals surface area contributed by atoms with Crippen LogP contribution in [0.4, 0.5) is 22.0 Å². The average Bonchev–Trinajstić information content (AvgIpc) is 2.63. The van der Waals surface area contributed by atoms with Gasteiger partial charge in [-0.05, 0) is 13.8 Å². The Balaban J connectivity index is 3.22. The molecule has 1 fully saturated rings. The summed E-state index contributed by atoms with van der Waals surface area (Å²) in [6.07, 6.45) is -10.1. The molecule has 0 saturated carbocycles. The van der Waals surface area contributed by atoms with Gasteiger partial charge in [0.05, 0.1) is 16.8 Å². The van der Waals surface area contributed by atoms with E-state index in [2.05, 4.69) is 0 Å². The lowest BCUT2D eigenvalue weighted by molar-refractivity contribution is -0.323. The van der Waals surface area contributed by atoms with Crippen LogP contribution in [0, 0.1) is 0 Å². The first-order valence-corrected chi connectivity index (χ1v) is 7.84. The number of methoxy groups -OCH3 is 2. The van der Waals surface area contributed by atoms with Crippen molar-refractivity contribution in [3.05, 3.63) is 0 Å². The molecule has 0 aromatic rings. The van der Waals surface area contributed by atoms with Crippen LogP contribution in [0.15, 0.2) is 0 Å². The highest BCUT2D eigenvalue weighted by atomic mass is 127. The van der Waals surface area contributed by atoms with Crippen molar-refractivity contribution in [1.29, 1.82) is 0 Å². The van der Waals surface area contributed by atoms with E-state index in [-0.39, 0.29) is 18.1 Å². The molecule has 22 heavy (non-hydrogen) atoms. The average molecular weight is 446 g/mol. The first-order valence-electron chi connectivity index (χ1n) is 6.59. The zero-order valence-electron chi connectivity index (χ0n) is 12.8. The number of halogens is 6. The largest absolute Gasteiger partial charge is 0.409 e. The van der Waals surface area contributed by atoms with Gasteiger partial charge in [0.25, 0.3) is 0 Å². The van der Waals surface area contributed by atoms with E-state index in [0.717, 1.165) is 21.0 Å². The third-order valence-electron chi connectivity index (χ3n) is 4.16. The van der Waals surface area contributed by atoms with Gasteiger partial charge in [-0.25, -0.2) is 9.80 Å². The van der Waals surface area contributed by atoms with Crippen LogP contribution in [-0.4, -0.2) is 71.8 Å². The molecule has 1 rings (SSSR count). The quantitative estimate of drug-likeness (QED) is 0.271. The van der Waals surface area contributed by atoms with E-state index >= 15 is 0 Å². The smallest absolute Gasteiger partial charge is 0.383 e. The molecule has 1 aliphatic rings. The first-order chi connectivity index (χ1) is 9.94. The van der Waals surface area contributed by atoms with Gasteiger partial charge in [0.1, 0.15) is 5.54 Å². The van der Waals surface area contributed by atoms with Crippen LogP contribution in [-0.2, 0) is 9.47 Å². The minimum Gasteiger partial charge on any atom is -0.383 e. The van der Waals surface area contributed by atoms with Crippen LogP contribution in [0.25, 0.3) is 0 Å². The lowest BCUT2D eigenvalue weighted by atomic mass is 9.92. The van der Waals surface area contributed by atoms with Gasteiger partial charge in [-0.15, -0.1) is 0 Å². The summed E-state index contributed by atoms with van der Waals surface area (Å²) < 4.78 is 78.6. The van der Waals surface area contributed by atoms with Gasteiger partial charge in [0.2, 0.25) is 0 Å². The molecule has 3 atom stereocenters. The fourth-order valence-electron chi connectivity index (χ4n) is 2.45. The molecule has 1 saturated heterocycles. The zero-order valence-corrected chi connectivity index (χ0v) is 14.9. The van der Waals surface area contributed by atoms with Crippen LogP contribution in [0.2, 0.25) is 0 Å². The number of alkyl halides is 6. The van der Waals surface area contributed by atoms with Gasteiger partial charge in [-0.2, -0.15) is 22.0 Å². The molecule has 0 amide bonds. The molecule has 0 aromatic heterocycles. The van der Waals surface area contributed by atoms with E-state index in [1.54, 1.807) is 22.6 Å². The lowest BCUT2D eigenvalue weighted by Gasteiger charge is -2.46. The SMILES string of the molecule is COCCN1C(I)CN(C(C)(C(C)OC)C(F)(F)F)C1(F)F. The predicted octanol–water partition coefficient (Wildman–Crippen LogP) is 2.92. The van der Waals surface area contributed by atoms with Gasteiger partial charge >= 0.3 is 12.3 Å². The maximum Gasteiger partial charge on any atom is 0.409 e. The van der Waals surface area contributed by atoms with E-state index in [1.165, 1.54) is 7.11 Å². The third kappa shape index (κ3) is 3.35. The Morgan fingerprint density at radius 2 is 1.86 bits per heavy atom. The Morgan fingerprint density at radius 3 is 2.27 bits per heavy atom. The van der Waals surface area contributed by atoms with Crippen molar-refractivity contribution in [1.82, 2.24) is 9.80 Å². The second kappa shape index (κ2) is 6.99. The van der Waals surface area contributed by atoms with E-state index < -0.39 is 34.6 Å². The molecule has 10 heteroatoms. The summed E-state index contributed by atoms with van der Waals surface area (Å²) in [5.74, 6) is 0. The number of hydrogen-bond acceptors (Lipinski definition) is 4. The van der Waals surface area contributed by atoms with Crippen molar-refractivity contribution in [2.24, 2.45) is 0 Å². The normalized spacial score (nSPS) is 27.8. The zero-order chi connectivity index (χ0) is 17.3. The number of hydrogen-bond donors (Lipinski definition) is 0. The van der Waals surface area contributed by atoms with E-state index in [1.807, 2.05) is 0 Å². The fraction of sp³-hybridized carbons (Fsp3) is 1.00. The molecule has 3 unspecified atom stereocenters. The van der Waals surface area contributed by atoms with Crippen molar-refractivity contribution in [3.63, 3.8) is 0 Å². The maximum absolute atomic E-state index is 14.6. The highest BCUT2D eigenvalue weighted by molar-refractivity contribution is 14.1. The van der Waals surface area contributed by atoms with Crippen molar-refractivity contribution >= 4 is 22.6 Å². The van der Waals surface area contributed by atoms with Crippen LogP contribution in [0.3, 0.4) is 0 Å². The topological polar surface area (TPSA) is 24.9 Å². The molecule has 0 radical (unpaired) electrons. The minimum absolute atomic E-state index is 0.00545. The molecule has 0 aliphatic carbocycles. The molecule has 0 aromatic carbocycles. The molecule has 132 valence electrons. The molecular formula is C12H20F5IN2O2. The summed E-state index contributed by atoms with van der Waals surface area (Å²) in [4.78, 5) is 0.893. The summed E-state index contributed by atoms with van der Waals surface area (Å²) in [7, 11) is 2.42. The third-order valence-corrected chi connectivity index (χ3v) is 5.22. The second-order valence-corrected chi connectivity index (χ2v) is 6.70. The first kappa shape index (κ1) is 20.3. The van der Waals surface area contributed by atoms with Crippen LogP contribution >= 0.6 is 22.6 Å². The molecule has 1 aliphatic heterocycles. The molecule has 0 spiro atoms. The highest BCUT2D eigenvalue weighted by Crippen LogP contribution is 2.48. The Kier molecular flexibility index (Phi) is 6.44. The standard InChI is InChI=1S/C12H20F5IN2O2/c1-8(22-4)10(2,11(13,14)15)20-7-9(18)19(5-6-21-3)12(20,16)17/h8-9H,5-7H2,1-4H3. The highest BCUT2D eigenvalue weighted by Gasteiger charge is 2.69. The van der Waals surface area contributed by atoms with Crippen molar-refractivity contribution in [3.8, 4) is 0 Å². The summed E-state index contributed by atoms with van der Waals surface area (Å²) in [6, 6.07) is 0. The predicted molar refractivity (Wildman–Crippen MR) is 79.0 cm³/mol. The Morgan fingerprint density at radius 1 is 1.32 bits per heavy atom. The van der Waals surface area contributed by atoms with Gasteiger partial charge < -0.3 is 9.47 Å².